The average molecular weight is 344 g/mol. The molecule has 2 fully saturated rings. The van der Waals surface area contributed by atoms with Crippen molar-refractivity contribution < 1.29 is 4.79 Å². The summed E-state index contributed by atoms with van der Waals surface area (Å²) in [6.45, 7) is 5.98. The molecule has 2 aromatic rings. The van der Waals surface area contributed by atoms with Gasteiger partial charge >= 0.3 is 0 Å². The number of nitrogens with zero attached hydrogens (tertiary/aromatic N) is 4. The van der Waals surface area contributed by atoms with Crippen molar-refractivity contribution in [3.8, 4) is 0 Å². The van der Waals surface area contributed by atoms with Crippen molar-refractivity contribution in [2.75, 3.05) is 31.1 Å². The maximum atomic E-state index is 12.8. The summed E-state index contributed by atoms with van der Waals surface area (Å²) < 4.78 is 0. The number of carbonyl (C=O) groups is 1. The number of thiazole rings is 1. The standard InChI is InChI=1S/C18H24N4OS/c1-13-4-3-9-22(12-13)17(23)14-6-10-21(11-7-14)18-20-15-5-2-8-19-16(15)24-18/h2,5,8,13-14H,3-4,6-7,9-12H2,1H3/t13-/m1/s1. The molecule has 0 N–H and O–H groups in total. The molecule has 2 saturated heterocycles. The van der Waals surface area contributed by atoms with Gasteiger partial charge in [0.2, 0.25) is 5.91 Å². The molecule has 0 unspecified atom stereocenters. The van der Waals surface area contributed by atoms with Crippen LogP contribution < -0.4 is 4.90 Å². The number of amides is 1. The van der Waals surface area contributed by atoms with Crippen molar-refractivity contribution >= 4 is 32.7 Å². The van der Waals surface area contributed by atoms with E-state index in [1.165, 1.54) is 6.42 Å². The second kappa shape index (κ2) is 6.67. The molecule has 0 spiro atoms. The van der Waals surface area contributed by atoms with E-state index >= 15 is 0 Å². The molecule has 0 aliphatic carbocycles. The van der Waals surface area contributed by atoms with Gasteiger partial charge in [0, 0.05) is 38.3 Å². The molecule has 2 aromatic heterocycles. The molecule has 2 aliphatic heterocycles. The van der Waals surface area contributed by atoms with Crippen LogP contribution in [0.2, 0.25) is 0 Å². The van der Waals surface area contributed by atoms with Crippen LogP contribution in [-0.2, 0) is 4.79 Å². The van der Waals surface area contributed by atoms with Gasteiger partial charge in [0.15, 0.2) is 5.13 Å². The van der Waals surface area contributed by atoms with Crippen LogP contribution in [-0.4, -0.2) is 47.0 Å². The van der Waals surface area contributed by atoms with Crippen LogP contribution in [0, 0.1) is 11.8 Å². The third-order valence-corrected chi connectivity index (χ3v) is 6.28. The average Bonchev–Trinajstić information content (AvgIpc) is 3.05. The summed E-state index contributed by atoms with van der Waals surface area (Å²) in [5.74, 6) is 1.23. The maximum Gasteiger partial charge on any atom is 0.225 e. The molecule has 0 saturated carbocycles. The van der Waals surface area contributed by atoms with E-state index in [1.54, 1.807) is 11.3 Å². The molecule has 5 nitrogen and oxygen atoms in total. The highest BCUT2D eigenvalue weighted by molar-refractivity contribution is 7.21. The van der Waals surface area contributed by atoms with Gasteiger partial charge in [-0.2, -0.15) is 0 Å². The van der Waals surface area contributed by atoms with E-state index in [0.717, 1.165) is 60.9 Å². The third kappa shape index (κ3) is 3.11. The molecule has 0 aromatic carbocycles. The number of hydrogen-bond donors (Lipinski definition) is 0. The van der Waals surface area contributed by atoms with Gasteiger partial charge in [-0.05, 0) is 43.7 Å². The minimum atomic E-state index is 0.194. The van der Waals surface area contributed by atoms with Crippen LogP contribution in [0.15, 0.2) is 18.3 Å². The smallest absolute Gasteiger partial charge is 0.225 e. The first-order valence-electron chi connectivity index (χ1n) is 8.96. The lowest BCUT2D eigenvalue weighted by molar-refractivity contribution is -0.137. The molecule has 4 heterocycles. The maximum absolute atomic E-state index is 12.8. The second-order valence-corrected chi connectivity index (χ2v) is 8.07. The molecule has 2 aliphatic rings. The molecule has 0 bridgehead atoms. The fourth-order valence-corrected chi connectivity index (χ4v) is 4.82. The van der Waals surface area contributed by atoms with Crippen molar-refractivity contribution in [1.29, 1.82) is 0 Å². The molecule has 1 amide bonds. The van der Waals surface area contributed by atoms with Gasteiger partial charge in [0.05, 0.1) is 0 Å². The van der Waals surface area contributed by atoms with Crippen molar-refractivity contribution in [3.63, 3.8) is 0 Å². The minimum Gasteiger partial charge on any atom is -0.348 e. The van der Waals surface area contributed by atoms with Crippen LogP contribution in [0.3, 0.4) is 0 Å². The second-order valence-electron chi connectivity index (χ2n) is 7.12. The molecular weight excluding hydrogens is 320 g/mol. The fraction of sp³-hybridized carbons (Fsp3) is 0.611. The van der Waals surface area contributed by atoms with E-state index in [2.05, 4.69) is 21.7 Å². The Morgan fingerprint density at radius 2 is 2.08 bits per heavy atom. The Morgan fingerprint density at radius 3 is 2.83 bits per heavy atom. The van der Waals surface area contributed by atoms with Crippen molar-refractivity contribution in [3.05, 3.63) is 18.3 Å². The van der Waals surface area contributed by atoms with Gasteiger partial charge in [-0.25, -0.2) is 9.97 Å². The quantitative estimate of drug-likeness (QED) is 0.840. The zero-order chi connectivity index (χ0) is 16.5. The van der Waals surface area contributed by atoms with Crippen molar-refractivity contribution in [2.45, 2.75) is 32.6 Å². The first kappa shape index (κ1) is 15.8. The van der Waals surface area contributed by atoms with Crippen LogP contribution in [0.4, 0.5) is 5.13 Å². The summed E-state index contributed by atoms with van der Waals surface area (Å²) >= 11 is 1.65. The Labute approximate surface area is 146 Å². The van der Waals surface area contributed by atoms with Gasteiger partial charge in [-0.3, -0.25) is 4.79 Å². The lowest BCUT2D eigenvalue weighted by atomic mass is 9.93. The highest BCUT2D eigenvalue weighted by Gasteiger charge is 2.31. The molecule has 24 heavy (non-hydrogen) atoms. The summed E-state index contributed by atoms with van der Waals surface area (Å²) in [7, 11) is 0. The molecule has 0 radical (unpaired) electrons. The van der Waals surface area contributed by atoms with E-state index in [-0.39, 0.29) is 5.92 Å². The van der Waals surface area contributed by atoms with E-state index in [9.17, 15) is 4.79 Å². The topological polar surface area (TPSA) is 49.3 Å². The summed E-state index contributed by atoms with van der Waals surface area (Å²) in [6, 6.07) is 3.94. The number of rotatable bonds is 2. The summed E-state index contributed by atoms with van der Waals surface area (Å²) in [5, 5.41) is 1.04. The highest BCUT2D eigenvalue weighted by Crippen LogP contribution is 2.31. The Hall–Kier alpha value is -1.69. The van der Waals surface area contributed by atoms with E-state index in [4.69, 9.17) is 4.98 Å². The largest absolute Gasteiger partial charge is 0.348 e. The molecule has 128 valence electrons. The van der Waals surface area contributed by atoms with E-state index in [0.29, 0.717) is 11.8 Å². The number of hydrogen-bond acceptors (Lipinski definition) is 5. The minimum absolute atomic E-state index is 0.194. The van der Waals surface area contributed by atoms with Crippen molar-refractivity contribution in [1.82, 2.24) is 14.9 Å². The number of aromatic nitrogens is 2. The number of pyridine rings is 1. The van der Waals surface area contributed by atoms with Crippen molar-refractivity contribution in [2.24, 2.45) is 11.8 Å². The fourth-order valence-electron chi connectivity index (χ4n) is 3.86. The normalized spacial score (nSPS) is 23.0. The SMILES string of the molecule is C[C@@H]1CCCN(C(=O)C2CCN(c3nc4cccnc4s3)CC2)C1. The third-order valence-electron chi connectivity index (χ3n) is 5.24. The molecule has 1 atom stereocenters. The van der Waals surface area contributed by atoms with Gasteiger partial charge in [0.1, 0.15) is 10.3 Å². The van der Waals surface area contributed by atoms with Gasteiger partial charge in [-0.1, -0.05) is 18.3 Å². The first-order valence-corrected chi connectivity index (χ1v) is 9.77. The summed E-state index contributed by atoms with van der Waals surface area (Å²) in [5.41, 5.74) is 0.970. The van der Waals surface area contributed by atoms with E-state index < -0.39 is 0 Å². The number of fused-ring (bicyclic) bond motifs is 1. The zero-order valence-electron chi connectivity index (χ0n) is 14.1. The van der Waals surface area contributed by atoms with Gasteiger partial charge in [-0.15, -0.1) is 0 Å². The van der Waals surface area contributed by atoms with Crippen LogP contribution in [0.1, 0.15) is 32.6 Å². The Kier molecular flexibility index (Phi) is 4.39. The zero-order valence-corrected chi connectivity index (χ0v) is 15.0. The van der Waals surface area contributed by atoms with Crippen LogP contribution in [0.25, 0.3) is 10.3 Å². The highest BCUT2D eigenvalue weighted by atomic mass is 32.1. The van der Waals surface area contributed by atoms with E-state index in [1.807, 2.05) is 18.3 Å². The number of piperidine rings is 2. The predicted octanol–water partition coefficient (Wildman–Crippen LogP) is 3.17. The Bertz CT molecular complexity index is 690. The Morgan fingerprint density at radius 1 is 1.25 bits per heavy atom. The molecule has 4 rings (SSSR count). The predicted molar refractivity (Wildman–Crippen MR) is 97.3 cm³/mol. The summed E-state index contributed by atoms with van der Waals surface area (Å²) in [4.78, 5) is 27.3. The monoisotopic (exact) mass is 344 g/mol. The lowest BCUT2D eigenvalue weighted by Gasteiger charge is -2.37. The summed E-state index contributed by atoms with van der Waals surface area (Å²) in [6.07, 6.45) is 6.10. The lowest BCUT2D eigenvalue weighted by Crippen LogP contribution is -2.46. The first-order chi connectivity index (χ1) is 11.7. The van der Waals surface area contributed by atoms with Crippen LogP contribution in [0.5, 0.6) is 0 Å². The number of likely N-dealkylation sites (tertiary alicyclic amines) is 1. The van der Waals surface area contributed by atoms with Crippen LogP contribution >= 0.6 is 11.3 Å². The molecule has 6 heteroatoms. The van der Waals surface area contributed by atoms with Gasteiger partial charge < -0.3 is 9.80 Å². The molecular formula is C18H24N4OS. The number of carbonyl (C=O) groups excluding carboxylic acids is 1. The number of anilines is 1. The Balaban J connectivity index is 1.38. The van der Waals surface area contributed by atoms with Gasteiger partial charge in [0.25, 0.3) is 0 Å².